The summed E-state index contributed by atoms with van der Waals surface area (Å²) in [7, 11) is 0. The second-order valence-corrected chi connectivity index (χ2v) is 7.02. The van der Waals surface area contributed by atoms with Gasteiger partial charge in [0, 0.05) is 27.9 Å². The van der Waals surface area contributed by atoms with Crippen molar-refractivity contribution in [2.45, 2.75) is 5.92 Å². The van der Waals surface area contributed by atoms with Crippen LogP contribution in [0.1, 0.15) is 21.9 Å². The van der Waals surface area contributed by atoms with Gasteiger partial charge in [0.05, 0.1) is 4.34 Å². The number of aromatic amines is 1. The van der Waals surface area contributed by atoms with Crippen molar-refractivity contribution < 1.29 is 0 Å². The Hall–Kier alpha value is -2.03. The molecule has 0 fully saturated rings. The van der Waals surface area contributed by atoms with Crippen molar-refractivity contribution >= 4 is 33.8 Å². The second-order valence-electron chi connectivity index (χ2n) is 5.28. The van der Waals surface area contributed by atoms with Gasteiger partial charge in [-0.2, -0.15) is 0 Å². The molecule has 0 aliphatic carbocycles. The Morgan fingerprint density at radius 3 is 2.41 bits per heavy atom. The summed E-state index contributed by atoms with van der Waals surface area (Å²) in [6, 6.07) is 23.1. The van der Waals surface area contributed by atoms with Crippen molar-refractivity contribution in [2.75, 3.05) is 0 Å². The Kier molecular flexibility index (Phi) is 3.49. The Bertz CT molecular complexity index is 907. The molecule has 0 spiro atoms. The first-order valence-electron chi connectivity index (χ1n) is 7.19. The average Bonchev–Trinajstić information content (AvgIpc) is 3.16. The lowest BCUT2D eigenvalue weighted by molar-refractivity contribution is 1.02. The molecule has 0 saturated carbocycles. The fourth-order valence-corrected chi connectivity index (χ4v) is 4.17. The number of fused-ring (bicyclic) bond motifs is 1. The standard InChI is InChI=1S/C19H14ClNS/c20-18-11-10-17(22-18)19(13-6-2-1-3-7-13)15-12-21-16-9-5-4-8-14(15)16/h1-12,19,21H/t19-/m0/s1. The van der Waals surface area contributed by atoms with Crippen LogP contribution < -0.4 is 0 Å². The molecule has 0 radical (unpaired) electrons. The minimum Gasteiger partial charge on any atom is -0.361 e. The van der Waals surface area contributed by atoms with E-state index in [-0.39, 0.29) is 5.92 Å². The van der Waals surface area contributed by atoms with Crippen LogP contribution in [0.2, 0.25) is 4.34 Å². The SMILES string of the molecule is Clc1ccc([C@@H](c2ccccc2)c2c[nH]c3ccccc23)s1. The quantitative estimate of drug-likeness (QED) is 0.471. The molecule has 4 aromatic rings. The lowest BCUT2D eigenvalue weighted by Gasteiger charge is -2.15. The van der Waals surface area contributed by atoms with Gasteiger partial charge < -0.3 is 4.98 Å². The Morgan fingerprint density at radius 2 is 1.64 bits per heavy atom. The van der Waals surface area contributed by atoms with Crippen LogP contribution in [0.3, 0.4) is 0 Å². The highest BCUT2D eigenvalue weighted by molar-refractivity contribution is 7.16. The van der Waals surface area contributed by atoms with Crippen LogP contribution >= 0.6 is 22.9 Å². The number of nitrogens with one attached hydrogen (secondary N) is 1. The van der Waals surface area contributed by atoms with Gasteiger partial charge in [0.1, 0.15) is 0 Å². The summed E-state index contributed by atoms with van der Waals surface area (Å²) in [4.78, 5) is 4.65. The van der Waals surface area contributed by atoms with Gasteiger partial charge in [-0.25, -0.2) is 0 Å². The van der Waals surface area contributed by atoms with Crippen molar-refractivity contribution in [2.24, 2.45) is 0 Å². The first-order valence-corrected chi connectivity index (χ1v) is 8.38. The Balaban J connectivity index is 1.94. The third-order valence-corrected chi connectivity index (χ3v) is 5.24. The number of hydrogen-bond acceptors (Lipinski definition) is 1. The van der Waals surface area contributed by atoms with E-state index in [9.17, 15) is 0 Å². The van der Waals surface area contributed by atoms with Gasteiger partial charge in [-0.15, -0.1) is 11.3 Å². The third kappa shape index (κ3) is 2.35. The molecular formula is C19H14ClNS. The van der Waals surface area contributed by atoms with Gasteiger partial charge in [-0.3, -0.25) is 0 Å². The minimum absolute atomic E-state index is 0.204. The zero-order valence-corrected chi connectivity index (χ0v) is 13.4. The summed E-state index contributed by atoms with van der Waals surface area (Å²) in [5.74, 6) is 0.204. The largest absolute Gasteiger partial charge is 0.361 e. The summed E-state index contributed by atoms with van der Waals surface area (Å²) in [5.41, 5.74) is 3.74. The number of halogens is 1. The highest BCUT2D eigenvalue weighted by Crippen LogP contribution is 2.40. The van der Waals surface area contributed by atoms with Crippen LogP contribution in [0.5, 0.6) is 0 Å². The number of benzene rings is 2. The van der Waals surface area contributed by atoms with Gasteiger partial charge in [0.2, 0.25) is 0 Å². The molecule has 3 heteroatoms. The molecule has 0 bridgehead atoms. The zero-order chi connectivity index (χ0) is 14.9. The fourth-order valence-electron chi connectivity index (χ4n) is 2.96. The van der Waals surface area contributed by atoms with Gasteiger partial charge in [-0.1, -0.05) is 60.1 Å². The summed E-state index contributed by atoms with van der Waals surface area (Å²) in [6.45, 7) is 0. The maximum atomic E-state index is 6.18. The van der Waals surface area contributed by atoms with Crippen molar-refractivity contribution in [3.63, 3.8) is 0 Å². The second kappa shape index (κ2) is 5.64. The molecule has 1 nitrogen and oxygen atoms in total. The van der Waals surface area contributed by atoms with Crippen LogP contribution in [0, 0.1) is 0 Å². The van der Waals surface area contributed by atoms with Crippen molar-refractivity contribution in [3.05, 3.63) is 93.3 Å². The summed E-state index contributed by atoms with van der Waals surface area (Å²) >= 11 is 7.83. The van der Waals surface area contributed by atoms with Gasteiger partial charge in [0.15, 0.2) is 0 Å². The van der Waals surface area contributed by atoms with Crippen molar-refractivity contribution in [3.8, 4) is 0 Å². The number of thiophene rings is 1. The van der Waals surface area contributed by atoms with Crippen molar-refractivity contribution in [1.82, 2.24) is 4.98 Å². The van der Waals surface area contributed by atoms with Crippen LogP contribution in [-0.2, 0) is 0 Å². The normalized spacial score (nSPS) is 12.6. The highest BCUT2D eigenvalue weighted by Gasteiger charge is 2.21. The molecule has 2 aromatic carbocycles. The number of aromatic nitrogens is 1. The van der Waals surface area contributed by atoms with E-state index in [1.54, 1.807) is 11.3 Å². The fraction of sp³-hybridized carbons (Fsp3) is 0.0526. The molecule has 0 amide bonds. The van der Waals surface area contributed by atoms with E-state index < -0.39 is 0 Å². The molecule has 22 heavy (non-hydrogen) atoms. The summed E-state index contributed by atoms with van der Waals surface area (Å²) < 4.78 is 0.829. The molecule has 1 atom stereocenters. The Morgan fingerprint density at radius 1 is 0.864 bits per heavy atom. The number of para-hydroxylation sites is 1. The molecule has 1 N–H and O–H groups in total. The first-order chi connectivity index (χ1) is 10.8. The first kappa shape index (κ1) is 13.6. The molecule has 0 aliphatic rings. The predicted molar refractivity (Wildman–Crippen MR) is 95.0 cm³/mol. The van der Waals surface area contributed by atoms with Gasteiger partial charge in [-0.05, 0) is 29.3 Å². The minimum atomic E-state index is 0.204. The number of hydrogen-bond donors (Lipinski definition) is 1. The van der Waals surface area contributed by atoms with Crippen molar-refractivity contribution in [1.29, 1.82) is 0 Å². The molecule has 108 valence electrons. The van der Waals surface area contributed by atoms with Gasteiger partial charge in [0.25, 0.3) is 0 Å². The topological polar surface area (TPSA) is 15.8 Å². The van der Waals surface area contributed by atoms with E-state index in [1.807, 2.05) is 6.07 Å². The van der Waals surface area contributed by atoms with Crippen LogP contribution in [-0.4, -0.2) is 4.98 Å². The lowest BCUT2D eigenvalue weighted by atomic mass is 9.90. The van der Waals surface area contributed by atoms with E-state index in [0.717, 1.165) is 4.34 Å². The van der Waals surface area contributed by atoms with E-state index in [2.05, 4.69) is 71.8 Å². The highest BCUT2D eigenvalue weighted by atomic mass is 35.5. The van der Waals surface area contributed by atoms with E-state index in [1.165, 1.54) is 26.9 Å². The monoisotopic (exact) mass is 323 g/mol. The lowest BCUT2D eigenvalue weighted by Crippen LogP contribution is -2.00. The summed E-state index contributed by atoms with van der Waals surface area (Å²) in [6.07, 6.45) is 2.12. The molecule has 2 heterocycles. The van der Waals surface area contributed by atoms with E-state index in [0.29, 0.717) is 0 Å². The molecule has 0 unspecified atom stereocenters. The van der Waals surface area contributed by atoms with Crippen LogP contribution in [0.25, 0.3) is 10.9 Å². The third-order valence-electron chi connectivity index (χ3n) is 3.94. The smallest absolute Gasteiger partial charge is 0.0931 e. The molecule has 4 rings (SSSR count). The average molecular weight is 324 g/mol. The molecule has 2 aromatic heterocycles. The summed E-state index contributed by atoms with van der Waals surface area (Å²) in [5, 5.41) is 1.26. The van der Waals surface area contributed by atoms with E-state index in [4.69, 9.17) is 11.6 Å². The van der Waals surface area contributed by atoms with Crippen LogP contribution in [0.15, 0.2) is 72.9 Å². The molecule has 0 aliphatic heterocycles. The Labute approximate surface area is 138 Å². The van der Waals surface area contributed by atoms with E-state index >= 15 is 0 Å². The van der Waals surface area contributed by atoms with Crippen LogP contribution in [0.4, 0.5) is 0 Å². The molecular weight excluding hydrogens is 310 g/mol. The number of rotatable bonds is 3. The molecule has 0 saturated heterocycles. The number of H-pyrrole nitrogens is 1. The maximum Gasteiger partial charge on any atom is 0.0931 e. The predicted octanol–water partition coefficient (Wildman–Crippen LogP) is 6.06. The van der Waals surface area contributed by atoms with Gasteiger partial charge >= 0.3 is 0 Å². The maximum absolute atomic E-state index is 6.18. The zero-order valence-electron chi connectivity index (χ0n) is 11.8.